The van der Waals surface area contributed by atoms with E-state index in [2.05, 4.69) is 10.3 Å². The summed E-state index contributed by atoms with van der Waals surface area (Å²) in [4.78, 5) is 29.0. The maximum Gasteiger partial charge on any atom is 0.262 e. The quantitative estimate of drug-likeness (QED) is 0.536. The Balaban J connectivity index is 1.97. The van der Waals surface area contributed by atoms with Crippen LogP contribution in [-0.2, 0) is 6.54 Å². The Labute approximate surface area is 154 Å². The lowest BCUT2D eigenvalue weighted by atomic mass is 10.1. The average molecular weight is 371 g/mol. The SMILES string of the molecule is CCn1c(=S)[nH]c2cc(C(=O)Nc3cccc(SC)c3)ccc2c1=O. The van der Waals surface area contributed by atoms with Crippen LogP contribution in [0.5, 0.6) is 0 Å². The first kappa shape index (κ1) is 17.4. The number of aromatic amines is 1. The molecule has 0 unspecified atom stereocenters. The first-order valence-electron chi connectivity index (χ1n) is 7.75. The molecule has 3 rings (SSSR count). The van der Waals surface area contributed by atoms with Crippen molar-refractivity contribution in [3.8, 4) is 0 Å². The van der Waals surface area contributed by atoms with Gasteiger partial charge in [-0.15, -0.1) is 11.8 Å². The molecule has 0 saturated heterocycles. The van der Waals surface area contributed by atoms with E-state index in [0.29, 0.717) is 27.8 Å². The molecule has 0 spiro atoms. The molecule has 0 aliphatic rings. The van der Waals surface area contributed by atoms with Crippen molar-refractivity contribution in [2.45, 2.75) is 18.4 Å². The van der Waals surface area contributed by atoms with E-state index in [4.69, 9.17) is 12.2 Å². The number of fused-ring (bicyclic) bond motifs is 1. The molecule has 1 aromatic heterocycles. The zero-order valence-electron chi connectivity index (χ0n) is 13.8. The van der Waals surface area contributed by atoms with Gasteiger partial charge in [0.1, 0.15) is 0 Å². The van der Waals surface area contributed by atoms with E-state index in [1.807, 2.05) is 37.4 Å². The number of aromatic nitrogens is 2. The first-order chi connectivity index (χ1) is 12.0. The monoisotopic (exact) mass is 371 g/mol. The minimum atomic E-state index is -0.237. The smallest absolute Gasteiger partial charge is 0.262 e. The van der Waals surface area contributed by atoms with Crippen LogP contribution in [0.15, 0.2) is 52.2 Å². The fourth-order valence-corrected chi connectivity index (χ4v) is 3.37. The Morgan fingerprint density at radius 2 is 2.08 bits per heavy atom. The number of nitrogens with zero attached hydrogens (tertiary/aromatic N) is 1. The van der Waals surface area contributed by atoms with Gasteiger partial charge >= 0.3 is 0 Å². The average Bonchev–Trinajstić information content (AvgIpc) is 2.61. The van der Waals surface area contributed by atoms with Crippen molar-refractivity contribution >= 4 is 46.5 Å². The summed E-state index contributed by atoms with van der Waals surface area (Å²) in [6.07, 6.45) is 1.98. The highest BCUT2D eigenvalue weighted by molar-refractivity contribution is 7.98. The molecule has 0 fully saturated rings. The van der Waals surface area contributed by atoms with Gasteiger partial charge in [0, 0.05) is 22.7 Å². The lowest BCUT2D eigenvalue weighted by Crippen LogP contribution is -2.21. The number of H-pyrrole nitrogens is 1. The highest BCUT2D eigenvalue weighted by atomic mass is 32.2. The van der Waals surface area contributed by atoms with Gasteiger partial charge in [0.05, 0.1) is 10.9 Å². The number of anilines is 1. The summed E-state index contributed by atoms with van der Waals surface area (Å²) >= 11 is 6.82. The maximum absolute atomic E-state index is 12.5. The van der Waals surface area contributed by atoms with Crippen molar-refractivity contribution in [3.05, 3.63) is 63.2 Å². The Hall–Kier alpha value is -2.38. The highest BCUT2D eigenvalue weighted by Crippen LogP contribution is 2.20. The number of nitrogens with one attached hydrogen (secondary N) is 2. The number of hydrogen-bond donors (Lipinski definition) is 2. The van der Waals surface area contributed by atoms with Gasteiger partial charge in [-0.05, 0) is 61.8 Å². The van der Waals surface area contributed by atoms with Gasteiger partial charge < -0.3 is 10.3 Å². The molecule has 7 heteroatoms. The van der Waals surface area contributed by atoms with Crippen molar-refractivity contribution in [2.75, 3.05) is 11.6 Å². The zero-order chi connectivity index (χ0) is 18.0. The molecule has 0 saturated carbocycles. The Morgan fingerprint density at radius 3 is 2.80 bits per heavy atom. The van der Waals surface area contributed by atoms with Gasteiger partial charge in [0.15, 0.2) is 4.77 Å². The molecule has 0 atom stereocenters. The molecule has 0 radical (unpaired) electrons. The fourth-order valence-electron chi connectivity index (χ4n) is 2.59. The number of rotatable bonds is 4. The number of hydrogen-bond acceptors (Lipinski definition) is 4. The number of amides is 1. The molecule has 1 amide bonds. The maximum atomic E-state index is 12.5. The van der Waals surface area contributed by atoms with E-state index < -0.39 is 0 Å². The van der Waals surface area contributed by atoms with Crippen LogP contribution in [0.1, 0.15) is 17.3 Å². The molecule has 2 N–H and O–H groups in total. The van der Waals surface area contributed by atoms with Crippen molar-refractivity contribution < 1.29 is 4.79 Å². The summed E-state index contributed by atoms with van der Waals surface area (Å²) in [6.45, 7) is 2.36. The second kappa shape index (κ2) is 7.25. The summed E-state index contributed by atoms with van der Waals surface area (Å²) < 4.78 is 1.84. The van der Waals surface area contributed by atoms with Gasteiger partial charge in [-0.25, -0.2) is 0 Å². The largest absolute Gasteiger partial charge is 0.332 e. The second-order valence-corrected chi connectivity index (χ2v) is 6.69. The third-order valence-corrected chi connectivity index (χ3v) is 4.94. The third kappa shape index (κ3) is 3.52. The highest BCUT2D eigenvalue weighted by Gasteiger charge is 2.10. The molecule has 0 bridgehead atoms. The van der Waals surface area contributed by atoms with E-state index in [-0.39, 0.29) is 11.5 Å². The molecule has 25 heavy (non-hydrogen) atoms. The van der Waals surface area contributed by atoms with E-state index in [1.54, 1.807) is 30.0 Å². The molecule has 5 nitrogen and oxygen atoms in total. The van der Waals surface area contributed by atoms with Crippen LogP contribution in [0.25, 0.3) is 10.9 Å². The van der Waals surface area contributed by atoms with Gasteiger partial charge in [-0.3, -0.25) is 14.2 Å². The summed E-state index contributed by atoms with van der Waals surface area (Å²) in [6, 6.07) is 12.6. The van der Waals surface area contributed by atoms with Gasteiger partial charge in [0.2, 0.25) is 0 Å². The first-order valence-corrected chi connectivity index (χ1v) is 9.39. The normalized spacial score (nSPS) is 10.8. The van der Waals surface area contributed by atoms with Crippen LogP contribution >= 0.6 is 24.0 Å². The summed E-state index contributed by atoms with van der Waals surface area (Å²) in [5.74, 6) is -0.237. The van der Waals surface area contributed by atoms with E-state index in [1.165, 1.54) is 4.57 Å². The summed E-state index contributed by atoms with van der Waals surface area (Å²) in [7, 11) is 0. The van der Waals surface area contributed by atoms with Crippen LogP contribution in [0.2, 0.25) is 0 Å². The van der Waals surface area contributed by atoms with Crippen molar-refractivity contribution in [1.29, 1.82) is 0 Å². The van der Waals surface area contributed by atoms with Gasteiger partial charge in [0.25, 0.3) is 11.5 Å². The standard InChI is InChI=1S/C18H17N3O2S2/c1-3-21-17(23)14-8-7-11(9-15(14)20-18(21)24)16(22)19-12-5-4-6-13(10-12)25-2/h4-10H,3H2,1-2H3,(H,19,22)(H,20,24). The van der Waals surface area contributed by atoms with Crippen LogP contribution in [0, 0.1) is 4.77 Å². The molecule has 0 aliphatic carbocycles. The van der Waals surface area contributed by atoms with Crippen LogP contribution < -0.4 is 10.9 Å². The van der Waals surface area contributed by atoms with Crippen molar-refractivity contribution in [1.82, 2.24) is 9.55 Å². The zero-order valence-corrected chi connectivity index (χ0v) is 15.5. The predicted molar refractivity (Wildman–Crippen MR) is 105 cm³/mol. The Morgan fingerprint density at radius 1 is 1.28 bits per heavy atom. The number of benzene rings is 2. The van der Waals surface area contributed by atoms with Crippen molar-refractivity contribution in [2.24, 2.45) is 0 Å². The van der Waals surface area contributed by atoms with Crippen LogP contribution in [-0.4, -0.2) is 21.7 Å². The predicted octanol–water partition coefficient (Wildman–Crippen LogP) is 4.05. The molecule has 0 aliphatic heterocycles. The van der Waals surface area contributed by atoms with E-state index in [0.717, 1.165) is 10.6 Å². The number of thioether (sulfide) groups is 1. The summed E-state index contributed by atoms with van der Waals surface area (Å²) in [5.41, 5.74) is 1.60. The molecule has 2 aromatic carbocycles. The minimum Gasteiger partial charge on any atom is -0.332 e. The van der Waals surface area contributed by atoms with Gasteiger partial charge in [-0.1, -0.05) is 6.07 Å². The fraction of sp³-hybridized carbons (Fsp3) is 0.167. The van der Waals surface area contributed by atoms with Crippen molar-refractivity contribution in [3.63, 3.8) is 0 Å². The number of carbonyl (C=O) groups excluding carboxylic acids is 1. The molecule has 1 heterocycles. The van der Waals surface area contributed by atoms with Crippen LogP contribution in [0.3, 0.4) is 0 Å². The minimum absolute atomic E-state index is 0.152. The Bertz CT molecular complexity index is 1070. The second-order valence-electron chi connectivity index (χ2n) is 5.43. The lowest BCUT2D eigenvalue weighted by Gasteiger charge is -2.09. The lowest BCUT2D eigenvalue weighted by molar-refractivity contribution is 0.102. The molecule has 128 valence electrons. The van der Waals surface area contributed by atoms with E-state index in [9.17, 15) is 9.59 Å². The molecular formula is C18H17N3O2S2. The Kier molecular flexibility index (Phi) is 5.06. The number of carbonyl (C=O) groups is 1. The van der Waals surface area contributed by atoms with Crippen LogP contribution in [0.4, 0.5) is 5.69 Å². The van der Waals surface area contributed by atoms with E-state index >= 15 is 0 Å². The third-order valence-electron chi connectivity index (χ3n) is 3.89. The summed E-state index contributed by atoms with van der Waals surface area (Å²) in [5, 5.41) is 3.38. The van der Waals surface area contributed by atoms with Gasteiger partial charge in [-0.2, -0.15) is 0 Å². The molecular weight excluding hydrogens is 354 g/mol. The topological polar surface area (TPSA) is 66.9 Å². The molecule has 3 aromatic rings.